The number of rotatable bonds is 7. The van der Waals surface area contributed by atoms with Crippen LogP contribution in [0.15, 0.2) is 47.7 Å². The van der Waals surface area contributed by atoms with Crippen LogP contribution in [-0.4, -0.2) is 60.9 Å². The molecule has 1 saturated heterocycles. The molecule has 1 aliphatic heterocycles. The van der Waals surface area contributed by atoms with E-state index in [1.165, 1.54) is 9.87 Å². The lowest BCUT2D eigenvalue weighted by Crippen LogP contribution is -2.41. The molecule has 0 atom stereocenters. The zero-order valence-corrected chi connectivity index (χ0v) is 16.3. The minimum Gasteiger partial charge on any atom is -0.355 e. The number of guanidine groups is 1. The van der Waals surface area contributed by atoms with E-state index in [9.17, 15) is 8.42 Å². The Morgan fingerprint density at radius 1 is 1.22 bits per heavy atom. The molecule has 3 rings (SSSR count). The van der Waals surface area contributed by atoms with E-state index in [1.807, 2.05) is 29.1 Å². The third-order valence-electron chi connectivity index (χ3n) is 4.54. The topological polar surface area (TPSA) is 91.6 Å². The maximum Gasteiger partial charge on any atom is 0.214 e. The second kappa shape index (κ2) is 9.01. The molecule has 27 heavy (non-hydrogen) atoms. The Bertz CT molecular complexity index is 864. The second-order valence-electron chi connectivity index (χ2n) is 6.39. The quantitative estimate of drug-likeness (QED) is 0.535. The fourth-order valence-corrected chi connectivity index (χ4v) is 4.62. The Labute approximate surface area is 160 Å². The summed E-state index contributed by atoms with van der Waals surface area (Å²) in [5, 5.41) is 10.7. The monoisotopic (exact) mass is 390 g/mol. The van der Waals surface area contributed by atoms with Gasteiger partial charge < -0.3 is 10.6 Å². The molecule has 146 valence electrons. The average Bonchev–Trinajstić information content (AvgIpc) is 3.28. The number of nitrogens with zero attached hydrogens (tertiary/aromatic N) is 4. The highest BCUT2D eigenvalue weighted by molar-refractivity contribution is 7.89. The van der Waals surface area contributed by atoms with Crippen LogP contribution in [0.5, 0.6) is 0 Å². The number of sulfonamides is 1. The summed E-state index contributed by atoms with van der Waals surface area (Å²) in [5.41, 5.74) is 2.35. The molecule has 8 nitrogen and oxygen atoms in total. The molecule has 0 radical (unpaired) electrons. The summed E-state index contributed by atoms with van der Waals surface area (Å²) in [7, 11) is -1.35. The Morgan fingerprint density at radius 3 is 2.70 bits per heavy atom. The lowest BCUT2D eigenvalue weighted by atomic mass is 10.1. The number of aliphatic imine (C=N–C) groups is 1. The minimum atomic E-state index is -3.05. The number of aromatic nitrogens is 2. The molecule has 2 aromatic rings. The average molecular weight is 391 g/mol. The van der Waals surface area contributed by atoms with Crippen LogP contribution < -0.4 is 10.6 Å². The van der Waals surface area contributed by atoms with E-state index in [2.05, 4.69) is 32.9 Å². The fourth-order valence-electron chi connectivity index (χ4n) is 3.09. The Morgan fingerprint density at radius 2 is 2.04 bits per heavy atom. The van der Waals surface area contributed by atoms with E-state index in [-0.39, 0.29) is 5.75 Å². The van der Waals surface area contributed by atoms with E-state index in [0.717, 1.165) is 5.56 Å². The van der Waals surface area contributed by atoms with E-state index >= 15 is 0 Å². The van der Waals surface area contributed by atoms with Gasteiger partial charge in [-0.15, -0.1) is 0 Å². The summed E-state index contributed by atoms with van der Waals surface area (Å²) in [5.74, 6) is 0.910. The maximum atomic E-state index is 11.8. The van der Waals surface area contributed by atoms with Crippen LogP contribution in [0.2, 0.25) is 0 Å². The molecule has 0 spiro atoms. The first-order valence-electron chi connectivity index (χ1n) is 9.05. The van der Waals surface area contributed by atoms with Crippen LogP contribution in [0.1, 0.15) is 17.5 Å². The van der Waals surface area contributed by atoms with Gasteiger partial charge in [-0.2, -0.15) is 5.10 Å². The van der Waals surface area contributed by atoms with Crippen LogP contribution in [-0.2, 0) is 23.1 Å². The molecule has 0 unspecified atom stereocenters. The highest BCUT2D eigenvalue weighted by Gasteiger charge is 2.27. The molecule has 1 aromatic carbocycles. The predicted molar refractivity (Wildman–Crippen MR) is 106 cm³/mol. The van der Waals surface area contributed by atoms with Crippen molar-refractivity contribution < 1.29 is 8.42 Å². The van der Waals surface area contributed by atoms with E-state index in [1.54, 1.807) is 13.2 Å². The molecule has 0 amide bonds. The number of nitrogens with one attached hydrogen (secondary N) is 2. The summed E-state index contributed by atoms with van der Waals surface area (Å²) < 4.78 is 27.1. The van der Waals surface area contributed by atoms with Crippen molar-refractivity contribution >= 4 is 16.0 Å². The Hall–Kier alpha value is -2.39. The Kier molecular flexibility index (Phi) is 6.46. The molecule has 1 fully saturated rings. The fraction of sp³-hybridized carbons (Fsp3) is 0.444. The molecule has 0 aliphatic carbocycles. The van der Waals surface area contributed by atoms with Crippen molar-refractivity contribution in [1.29, 1.82) is 0 Å². The van der Waals surface area contributed by atoms with Crippen LogP contribution >= 0.6 is 0 Å². The first-order valence-corrected chi connectivity index (χ1v) is 10.7. The summed E-state index contributed by atoms with van der Waals surface area (Å²) in [6.07, 6.45) is 4.42. The maximum absolute atomic E-state index is 11.8. The zero-order valence-electron chi connectivity index (χ0n) is 15.5. The smallest absolute Gasteiger partial charge is 0.214 e. The second-order valence-corrected chi connectivity index (χ2v) is 8.48. The first kappa shape index (κ1) is 19.4. The highest BCUT2D eigenvalue weighted by Crippen LogP contribution is 2.12. The van der Waals surface area contributed by atoms with Crippen LogP contribution in [0.25, 0.3) is 0 Å². The van der Waals surface area contributed by atoms with Gasteiger partial charge in [-0.3, -0.25) is 9.67 Å². The SMILES string of the molecule is CN=C(NCCN1CCCS1(=O)=O)NCc1ccccc1Cn1cccn1. The van der Waals surface area contributed by atoms with Gasteiger partial charge in [-0.05, 0) is 23.6 Å². The van der Waals surface area contributed by atoms with Gasteiger partial charge in [0.15, 0.2) is 5.96 Å². The van der Waals surface area contributed by atoms with Gasteiger partial charge in [0.05, 0.1) is 12.3 Å². The van der Waals surface area contributed by atoms with Gasteiger partial charge in [0.1, 0.15) is 0 Å². The van der Waals surface area contributed by atoms with E-state index < -0.39 is 10.0 Å². The number of hydrogen-bond donors (Lipinski definition) is 2. The molecule has 1 aliphatic rings. The lowest BCUT2D eigenvalue weighted by molar-refractivity contribution is 0.445. The minimum absolute atomic E-state index is 0.257. The van der Waals surface area contributed by atoms with Gasteiger partial charge in [0.2, 0.25) is 10.0 Å². The molecule has 9 heteroatoms. The van der Waals surface area contributed by atoms with Crippen LogP contribution in [0.3, 0.4) is 0 Å². The molecule has 2 N–H and O–H groups in total. The van der Waals surface area contributed by atoms with Crippen LogP contribution in [0.4, 0.5) is 0 Å². The number of hydrogen-bond acceptors (Lipinski definition) is 4. The third kappa shape index (κ3) is 5.30. The van der Waals surface area contributed by atoms with E-state index in [4.69, 9.17) is 0 Å². The molecule has 1 aromatic heterocycles. The van der Waals surface area contributed by atoms with Gasteiger partial charge in [0, 0.05) is 45.6 Å². The summed E-state index contributed by atoms with van der Waals surface area (Å²) in [6, 6.07) is 10.1. The summed E-state index contributed by atoms with van der Waals surface area (Å²) in [6.45, 7) is 2.92. The van der Waals surface area contributed by atoms with Gasteiger partial charge in [-0.25, -0.2) is 12.7 Å². The van der Waals surface area contributed by atoms with Crippen LogP contribution in [0, 0.1) is 0 Å². The van der Waals surface area contributed by atoms with Crippen molar-refractivity contribution in [2.75, 3.05) is 32.4 Å². The molecule has 2 heterocycles. The third-order valence-corrected chi connectivity index (χ3v) is 6.49. The number of benzene rings is 1. The van der Waals surface area contributed by atoms with Crippen molar-refractivity contribution in [3.8, 4) is 0 Å². The Balaban J connectivity index is 1.51. The predicted octanol–water partition coefficient (Wildman–Crippen LogP) is 0.632. The van der Waals surface area contributed by atoms with Gasteiger partial charge in [-0.1, -0.05) is 24.3 Å². The largest absolute Gasteiger partial charge is 0.355 e. The highest BCUT2D eigenvalue weighted by atomic mass is 32.2. The van der Waals surface area contributed by atoms with Crippen molar-refractivity contribution in [2.24, 2.45) is 4.99 Å². The molecular weight excluding hydrogens is 364 g/mol. The first-order chi connectivity index (χ1) is 13.1. The van der Waals surface area contributed by atoms with Gasteiger partial charge >= 0.3 is 0 Å². The van der Waals surface area contributed by atoms with Crippen molar-refractivity contribution in [1.82, 2.24) is 24.7 Å². The zero-order chi connectivity index (χ0) is 19.1. The summed E-state index contributed by atoms with van der Waals surface area (Å²) >= 11 is 0. The molecular formula is C18H26N6O2S. The van der Waals surface area contributed by atoms with Gasteiger partial charge in [0.25, 0.3) is 0 Å². The van der Waals surface area contributed by atoms with Crippen molar-refractivity contribution in [3.05, 3.63) is 53.9 Å². The van der Waals surface area contributed by atoms with Crippen molar-refractivity contribution in [3.63, 3.8) is 0 Å². The van der Waals surface area contributed by atoms with Crippen molar-refractivity contribution in [2.45, 2.75) is 19.5 Å². The van der Waals surface area contributed by atoms with E-state index in [0.29, 0.717) is 45.1 Å². The lowest BCUT2D eigenvalue weighted by Gasteiger charge is -2.17. The molecule has 0 saturated carbocycles. The summed E-state index contributed by atoms with van der Waals surface area (Å²) in [4.78, 5) is 4.22. The molecule has 0 bridgehead atoms. The standard InChI is InChI=1S/C18H26N6O2S/c1-19-18(20-9-12-24-11-5-13-27(24,25)26)21-14-16-6-2-3-7-17(16)15-23-10-4-8-22-23/h2-4,6-8,10H,5,9,11-15H2,1H3,(H2,19,20,21). The normalized spacial score (nSPS) is 17.1.